The Morgan fingerprint density at radius 2 is 1.95 bits per heavy atom. The van der Waals surface area contributed by atoms with Crippen LogP contribution in [0.2, 0.25) is 0 Å². The number of hydrogen-bond acceptors (Lipinski definition) is 3. The Bertz CT molecular complexity index is 724. The van der Waals surface area contributed by atoms with E-state index in [4.69, 9.17) is 4.98 Å². The summed E-state index contributed by atoms with van der Waals surface area (Å²) in [6, 6.07) is 2.02. The van der Waals surface area contributed by atoms with Crippen molar-refractivity contribution in [1.29, 1.82) is 0 Å². The number of aryl methyl sites for hydroxylation is 1. The molecule has 2 fully saturated rings. The van der Waals surface area contributed by atoms with Crippen LogP contribution in [-0.2, 0) is 7.05 Å². The number of likely N-dealkylation sites (tertiary alicyclic amines) is 1. The van der Waals surface area contributed by atoms with Crippen LogP contribution in [0.3, 0.4) is 0 Å². The summed E-state index contributed by atoms with van der Waals surface area (Å²) in [7, 11) is 1.89. The summed E-state index contributed by atoms with van der Waals surface area (Å²) >= 11 is 0. The van der Waals surface area contributed by atoms with Crippen molar-refractivity contribution in [2.24, 2.45) is 13.0 Å². The van der Waals surface area contributed by atoms with E-state index >= 15 is 0 Å². The number of amides is 1. The molecule has 1 saturated carbocycles. The van der Waals surface area contributed by atoms with Gasteiger partial charge in [0.1, 0.15) is 0 Å². The average Bonchev–Trinajstić information content (AvgIpc) is 3.31. The number of rotatable bonds is 2. The molecule has 0 aromatic carbocycles. The Morgan fingerprint density at radius 1 is 1.23 bits per heavy atom. The van der Waals surface area contributed by atoms with Crippen molar-refractivity contribution < 1.29 is 4.79 Å². The zero-order valence-electron chi connectivity index (χ0n) is 13.2. The molecule has 2 aliphatic rings. The van der Waals surface area contributed by atoms with Gasteiger partial charge in [0.25, 0.3) is 5.91 Å². The maximum absolute atomic E-state index is 13.0. The molecule has 116 valence electrons. The smallest absolute Gasteiger partial charge is 0.254 e. The van der Waals surface area contributed by atoms with Crippen molar-refractivity contribution in [3.8, 4) is 0 Å². The maximum Gasteiger partial charge on any atom is 0.254 e. The van der Waals surface area contributed by atoms with E-state index in [1.54, 1.807) is 10.9 Å². The van der Waals surface area contributed by atoms with Gasteiger partial charge in [-0.1, -0.05) is 6.92 Å². The minimum atomic E-state index is 0.147. The van der Waals surface area contributed by atoms with Gasteiger partial charge >= 0.3 is 0 Å². The number of hydrogen-bond donors (Lipinski definition) is 0. The molecule has 1 saturated heterocycles. The fraction of sp³-hybridized carbons (Fsp3) is 0.588. The van der Waals surface area contributed by atoms with Crippen LogP contribution in [0, 0.1) is 5.92 Å². The zero-order chi connectivity index (χ0) is 15.3. The van der Waals surface area contributed by atoms with Gasteiger partial charge in [0, 0.05) is 31.7 Å². The summed E-state index contributed by atoms with van der Waals surface area (Å²) in [6.45, 7) is 3.99. The normalized spacial score (nSPS) is 19.8. The molecule has 0 spiro atoms. The van der Waals surface area contributed by atoms with Gasteiger partial charge in [-0.15, -0.1) is 0 Å². The van der Waals surface area contributed by atoms with Crippen LogP contribution in [0.5, 0.6) is 0 Å². The lowest BCUT2D eigenvalue weighted by Crippen LogP contribution is -2.38. The van der Waals surface area contributed by atoms with Crippen molar-refractivity contribution in [3.63, 3.8) is 0 Å². The van der Waals surface area contributed by atoms with Crippen LogP contribution >= 0.6 is 0 Å². The van der Waals surface area contributed by atoms with Crippen molar-refractivity contribution in [3.05, 3.63) is 23.5 Å². The van der Waals surface area contributed by atoms with Crippen LogP contribution < -0.4 is 0 Å². The van der Waals surface area contributed by atoms with Crippen LogP contribution in [0.1, 0.15) is 54.6 Å². The highest BCUT2D eigenvalue weighted by Gasteiger charge is 2.29. The Kier molecular flexibility index (Phi) is 3.17. The van der Waals surface area contributed by atoms with Gasteiger partial charge in [0.2, 0.25) is 0 Å². The summed E-state index contributed by atoms with van der Waals surface area (Å²) in [5.74, 6) is 1.41. The molecule has 2 aromatic heterocycles. The number of carbonyl (C=O) groups excluding carboxylic acids is 1. The molecule has 0 atom stereocenters. The van der Waals surface area contributed by atoms with E-state index in [1.807, 2.05) is 18.0 Å². The van der Waals surface area contributed by atoms with E-state index in [9.17, 15) is 4.79 Å². The van der Waals surface area contributed by atoms with Gasteiger partial charge in [-0.2, -0.15) is 5.10 Å². The molecule has 1 aliphatic heterocycles. The first-order valence-corrected chi connectivity index (χ1v) is 8.25. The van der Waals surface area contributed by atoms with E-state index in [-0.39, 0.29) is 5.91 Å². The Hall–Kier alpha value is -1.91. The number of piperidine rings is 1. The van der Waals surface area contributed by atoms with Crippen molar-refractivity contribution in [2.75, 3.05) is 13.1 Å². The van der Waals surface area contributed by atoms with E-state index in [2.05, 4.69) is 12.0 Å². The summed E-state index contributed by atoms with van der Waals surface area (Å²) in [5.41, 5.74) is 2.68. The second kappa shape index (κ2) is 5.07. The monoisotopic (exact) mass is 298 g/mol. The van der Waals surface area contributed by atoms with E-state index in [1.165, 1.54) is 12.8 Å². The van der Waals surface area contributed by atoms with Crippen LogP contribution in [0.25, 0.3) is 11.0 Å². The summed E-state index contributed by atoms with van der Waals surface area (Å²) < 4.78 is 1.77. The van der Waals surface area contributed by atoms with Crippen molar-refractivity contribution in [2.45, 2.75) is 38.5 Å². The van der Waals surface area contributed by atoms with Crippen LogP contribution in [0.15, 0.2) is 12.3 Å². The first-order chi connectivity index (χ1) is 10.6. The lowest BCUT2D eigenvalue weighted by Gasteiger charge is -2.30. The molecule has 1 aliphatic carbocycles. The van der Waals surface area contributed by atoms with Crippen molar-refractivity contribution >= 4 is 16.9 Å². The molecular weight excluding hydrogens is 276 g/mol. The van der Waals surface area contributed by atoms with Gasteiger partial charge in [-0.25, -0.2) is 4.98 Å². The second-order valence-corrected chi connectivity index (χ2v) is 6.85. The fourth-order valence-electron chi connectivity index (χ4n) is 3.28. The predicted octanol–water partition coefficient (Wildman–Crippen LogP) is 2.72. The molecule has 0 N–H and O–H groups in total. The largest absolute Gasteiger partial charge is 0.339 e. The topological polar surface area (TPSA) is 51.0 Å². The standard InChI is InChI=1S/C17H22N4O/c1-11-5-7-21(8-6-11)17(22)13-9-15(12-3-4-12)19-16-14(13)10-18-20(16)2/h9-12H,3-8H2,1-2H3. The number of carbonyl (C=O) groups is 1. The molecule has 2 aromatic rings. The highest BCUT2D eigenvalue weighted by Crippen LogP contribution is 2.40. The highest BCUT2D eigenvalue weighted by atomic mass is 16.2. The van der Waals surface area contributed by atoms with Gasteiger partial charge in [-0.05, 0) is 37.7 Å². The predicted molar refractivity (Wildman–Crippen MR) is 84.8 cm³/mol. The SMILES string of the molecule is CC1CCN(C(=O)c2cc(C3CC3)nc3c2cnn3C)CC1. The fourth-order valence-corrected chi connectivity index (χ4v) is 3.28. The first kappa shape index (κ1) is 13.7. The lowest BCUT2D eigenvalue weighted by molar-refractivity contribution is 0.0699. The number of pyridine rings is 1. The van der Waals surface area contributed by atoms with Crippen LogP contribution in [-0.4, -0.2) is 38.7 Å². The molecule has 0 bridgehead atoms. The van der Waals surface area contributed by atoms with E-state index < -0.39 is 0 Å². The maximum atomic E-state index is 13.0. The molecule has 1 amide bonds. The minimum Gasteiger partial charge on any atom is -0.339 e. The summed E-state index contributed by atoms with van der Waals surface area (Å²) in [6.07, 6.45) is 6.35. The van der Waals surface area contributed by atoms with E-state index in [0.29, 0.717) is 5.92 Å². The third-order valence-corrected chi connectivity index (χ3v) is 5.02. The third-order valence-electron chi connectivity index (χ3n) is 5.02. The Labute approximate surface area is 130 Å². The molecule has 5 nitrogen and oxygen atoms in total. The van der Waals surface area contributed by atoms with Gasteiger partial charge in [-0.3, -0.25) is 9.48 Å². The zero-order valence-corrected chi connectivity index (χ0v) is 13.2. The molecule has 4 rings (SSSR count). The number of aromatic nitrogens is 3. The summed E-state index contributed by atoms with van der Waals surface area (Å²) in [5, 5.41) is 5.19. The quantitative estimate of drug-likeness (QED) is 0.856. The Morgan fingerprint density at radius 3 is 2.64 bits per heavy atom. The molecular formula is C17H22N4O. The lowest BCUT2D eigenvalue weighted by atomic mass is 9.98. The molecule has 0 radical (unpaired) electrons. The molecule has 3 heterocycles. The third kappa shape index (κ3) is 2.28. The first-order valence-electron chi connectivity index (χ1n) is 8.25. The van der Waals surface area contributed by atoms with Crippen molar-refractivity contribution in [1.82, 2.24) is 19.7 Å². The van der Waals surface area contributed by atoms with Gasteiger partial charge in [0.15, 0.2) is 5.65 Å². The molecule has 0 unspecified atom stereocenters. The second-order valence-electron chi connectivity index (χ2n) is 6.85. The van der Waals surface area contributed by atoms with E-state index in [0.717, 1.165) is 54.1 Å². The minimum absolute atomic E-state index is 0.147. The molecule has 5 heteroatoms. The highest BCUT2D eigenvalue weighted by molar-refractivity contribution is 6.05. The number of nitrogens with zero attached hydrogens (tertiary/aromatic N) is 4. The van der Waals surface area contributed by atoms with Gasteiger partial charge < -0.3 is 4.90 Å². The van der Waals surface area contributed by atoms with Crippen LogP contribution in [0.4, 0.5) is 0 Å². The molecule has 22 heavy (non-hydrogen) atoms. The number of fused-ring (bicyclic) bond motifs is 1. The summed E-state index contributed by atoms with van der Waals surface area (Å²) in [4.78, 5) is 19.7. The average molecular weight is 298 g/mol. The Balaban J connectivity index is 1.74. The van der Waals surface area contributed by atoms with Gasteiger partial charge in [0.05, 0.1) is 17.1 Å².